The second kappa shape index (κ2) is 10.9. The molecule has 0 unspecified atom stereocenters. The summed E-state index contributed by atoms with van der Waals surface area (Å²) in [6.07, 6.45) is 2.50. The van der Waals surface area contributed by atoms with Crippen LogP contribution in [0.1, 0.15) is 26.3 Å². The van der Waals surface area contributed by atoms with Crippen molar-refractivity contribution < 1.29 is 23.4 Å². The molecule has 0 N–H and O–H groups in total. The van der Waals surface area contributed by atoms with E-state index in [0.717, 1.165) is 11.3 Å². The molecule has 0 saturated heterocycles. The fraction of sp³-hybridized carbons (Fsp3) is 0.240. The minimum atomic E-state index is -0.821. The molecule has 7 nitrogen and oxygen atoms in total. The van der Waals surface area contributed by atoms with Crippen LogP contribution in [0, 0.1) is 5.82 Å². The van der Waals surface area contributed by atoms with Crippen molar-refractivity contribution >= 4 is 23.7 Å². The molecule has 178 valence electrons. The predicted molar refractivity (Wildman–Crippen MR) is 131 cm³/mol. The molecule has 0 atom stereocenters. The molecule has 0 saturated carbocycles. The molecule has 3 aromatic rings. The number of hydrogen-bond donors (Lipinski definition) is 0. The molecule has 0 amide bonds. The predicted octanol–water partition coefficient (Wildman–Crippen LogP) is 5.65. The van der Waals surface area contributed by atoms with E-state index in [9.17, 15) is 9.18 Å². The number of carbonyl (C=O) groups is 1. The van der Waals surface area contributed by atoms with Crippen molar-refractivity contribution in [3.05, 3.63) is 76.7 Å². The van der Waals surface area contributed by atoms with Gasteiger partial charge in [-0.15, -0.1) is 17.9 Å². The number of carbonyl (C=O) groups excluding carboxylic acids is 1. The Morgan fingerprint density at radius 2 is 1.91 bits per heavy atom. The second-order valence-corrected chi connectivity index (χ2v) is 8.91. The summed E-state index contributed by atoms with van der Waals surface area (Å²) in [5.41, 5.74) is 1.59. The highest BCUT2D eigenvalue weighted by Crippen LogP contribution is 2.28. The molecule has 3 rings (SSSR count). The molecule has 1 aromatic heterocycles. The van der Waals surface area contributed by atoms with E-state index in [2.05, 4.69) is 16.7 Å². The quantitative estimate of drug-likeness (QED) is 0.188. The Balaban J connectivity index is 1.92. The van der Waals surface area contributed by atoms with Gasteiger partial charge in [-0.2, -0.15) is 5.10 Å². The van der Waals surface area contributed by atoms with Crippen LogP contribution in [0.15, 0.2) is 70.6 Å². The number of hydrogen-bond acceptors (Lipinski definition) is 7. The first-order valence-corrected chi connectivity index (χ1v) is 11.3. The van der Waals surface area contributed by atoms with Gasteiger partial charge >= 0.3 is 6.16 Å². The molecule has 1 heterocycles. The summed E-state index contributed by atoms with van der Waals surface area (Å²) in [5.74, 6) is 0.262. The van der Waals surface area contributed by atoms with Crippen molar-refractivity contribution in [2.24, 2.45) is 10.1 Å². The van der Waals surface area contributed by atoms with E-state index in [1.54, 1.807) is 68.1 Å². The van der Waals surface area contributed by atoms with Gasteiger partial charge in [0, 0.05) is 10.9 Å². The molecule has 0 radical (unpaired) electrons. The van der Waals surface area contributed by atoms with E-state index in [1.807, 2.05) is 5.38 Å². The summed E-state index contributed by atoms with van der Waals surface area (Å²) < 4.78 is 30.9. The van der Waals surface area contributed by atoms with Crippen molar-refractivity contribution in [2.45, 2.75) is 26.4 Å². The number of halogens is 1. The van der Waals surface area contributed by atoms with Gasteiger partial charge in [-0.3, -0.25) is 4.99 Å². The first-order chi connectivity index (χ1) is 16.2. The topological polar surface area (TPSA) is 74.4 Å². The number of ether oxygens (including phenoxy) is 3. The van der Waals surface area contributed by atoms with Gasteiger partial charge in [0.25, 0.3) is 0 Å². The number of aromatic nitrogens is 1. The van der Waals surface area contributed by atoms with E-state index in [-0.39, 0.29) is 11.6 Å². The molecule has 0 bridgehead atoms. The average Bonchev–Trinajstić information content (AvgIpc) is 3.18. The second-order valence-electron chi connectivity index (χ2n) is 8.07. The van der Waals surface area contributed by atoms with E-state index in [1.165, 1.54) is 30.6 Å². The fourth-order valence-corrected chi connectivity index (χ4v) is 3.66. The maximum atomic E-state index is 13.4. The van der Waals surface area contributed by atoms with Crippen molar-refractivity contribution in [3.8, 4) is 22.8 Å². The summed E-state index contributed by atoms with van der Waals surface area (Å²) in [6.45, 7) is 9.40. The Morgan fingerprint density at radius 1 is 1.18 bits per heavy atom. The lowest BCUT2D eigenvalue weighted by atomic mass is 10.2. The van der Waals surface area contributed by atoms with Crippen molar-refractivity contribution in [1.82, 2.24) is 4.68 Å². The monoisotopic (exact) mass is 483 g/mol. The van der Waals surface area contributed by atoms with Crippen molar-refractivity contribution in [3.63, 3.8) is 0 Å². The molecular formula is C25H26FN3O4S. The van der Waals surface area contributed by atoms with Crippen molar-refractivity contribution in [1.29, 1.82) is 0 Å². The van der Waals surface area contributed by atoms with Crippen LogP contribution >= 0.6 is 11.3 Å². The summed E-state index contributed by atoms with van der Waals surface area (Å²) in [6, 6.07) is 11.2. The molecule has 2 aromatic carbocycles. The van der Waals surface area contributed by atoms with Crippen LogP contribution in [0.4, 0.5) is 9.18 Å². The standard InChI is InChI=1S/C25H26FN3O4S/c1-6-13-27-23-29(20(16-34-23)18-8-10-19(26)11-9-18)28-15-17-7-12-21(22(14-17)31-5)32-24(30)33-25(2,3)4/h6-12,14-16H,1,13H2,2-5H3. The third-order valence-electron chi connectivity index (χ3n) is 4.27. The fourth-order valence-electron chi connectivity index (χ4n) is 2.81. The highest BCUT2D eigenvalue weighted by atomic mass is 32.1. The Morgan fingerprint density at radius 3 is 2.56 bits per heavy atom. The molecule has 9 heteroatoms. The largest absolute Gasteiger partial charge is 0.514 e. The van der Waals surface area contributed by atoms with Crippen molar-refractivity contribution in [2.75, 3.05) is 13.7 Å². The van der Waals surface area contributed by atoms with Gasteiger partial charge in [-0.05, 0) is 68.8 Å². The van der Waals surface area contributed by atoms with E-state index in [0.29, 0.717) is 22.7 Å². The third-order valence-corrected chi connectivity index (χ3v) is 5.13. The van der Waals surface area contributed by atoms with E-state index >= 15 is 0 Å². The summed E-state index contributed by atoms with van der Waals surface area (Å²) in [7, 11) is 1.48. The van der Waals surface area contributed by atoms with Crippen LogP contribution in [-0.2, 0) is 4.74 Å². The highest BCUT2D eigenvalue weighted by molar-refractivity contribution is 7.07. The van der Waals surface area contributed by atoms with Gasteiger partial charge in [0.05, 0.1) is 25.6 Å². The number of rotatable bonds is 7. The maximum Gasteiger partial charge on any atom is 0.514 e. The Kier molecular flexibility index (Phi) is 8.01. The average molecular weight is 484 g/mol. The number of methoxy groups -OCH3 is 1. The maximum absolute atomic E-state index is 13.4. The zero-order chi connectivity index (χ0) is 24.7. The molecule has 34 heavy (non-hydrogen) atoms. The number of benzene rings is 2. The third kappa shape index (κ3) is 6.64. The zero-order valence-electron chi connectivity index (χ0n) is 19.4. The SMILES string of the molecule is C=CCN=c1scc(-c2ccc(F)cc2)n1N=Cc1ccc(OC(=O)OC(C)(C)C)c(OC)c1. The zero-order valence-corrected chi connectivity index (χ0v) is 20.3. The normalized spacial score (nSPS) is 12.1. The van der Waals surface area contributed by atoms with Gasteiger partial charge in [0.15, 0.2) is 11.5 Å². The lowest BCUT2D eigenvalue weighted by Crippen LogP contribution is -2.26. The van der Waals surface area contributed by atoms with Crippen LogP contribution in [0.2, 0.25) is 0 Å². The lowest BCUT2D eigenvalue weighted by Gasteiger charge is -2.19. The van der Waals surface area contributed by atoms with Crippen LogP contribution in [0.3, 0.4) is 0 Å². The molecular weight excluding hydrogens is 457 g/mol. The molecule has 0 aliphatic heterocycles. The van der Waals surface area contributed by atoms with Gasteiger partial charge in [-0.25, -0.2) is 13.9 Å². The summed E-state index contributed by atoms with van der Waals surface area (Å²) >= 11 is 1.42. The van der Waals surface area contributed by atoms with Gasteiger partial charge in [0.1, 0.15) is 11.4 Å². The summed E-state index contributed by atoms with van der Waals surface area (Å²) in [4.78, 5) is 17.2. The van der Waals surface area contributed by atoms with Crippen LogP contribution in [0.5, 0.6) is 11.5 Å². The summed E-state index contributed by atoms with van der Waals surface area (Å²) in [5, 5.41) is 6.50. The molecule has 0 fully saturated rings. The van der Waals surface area contributed by atoms with Gasteiger partial charge in [-0.1, -0.05) is 6.08 Å². The first-order valence-electron chi connectivity index (χ1n) is 10.4. The van der Waals surface area contributed by atoms with Crippen LogP contribution < -0.4 is 14.3 Å². The van der Waals surface area contributed by atoms with Crippen LogP contribution in [0.25, 0.3) is 11.3 Å². The molecule has 0 aliphatic carbocycles. The first kappa shape index (κ1) is 24.9. The Labute approximate surface area is 201 Å². The minimum absolute atomic E-state index is 0.228. The highest BCUT2D eigenvalue weighted by Gasteiger charge is 2.19. The Hall–Kier alpha value is -3.72. The van der Waals surface area contributed by atoms with E-state index in [4.69, 9.17) is 14.2 Å². The van der Waals surface area contributed by atoms with E-state index < -0.39 is 11.8 Å². The smallest absolute Gasteiger partial charge is 0.493 e. The number of thiazole rings is 1. The lowest BCUT2D eigenvalue weighted by molar-refractivity contribution is 0.0201. The van der Waals surface area contributed by atoms with Gasteiger partial charge in [0.2, 0.25) is 4.80 Å². The van der Waals surface area contributed by atoms with Gasteiger partial charge < -0.3 is 14.2 Å². The number of nitrogens with zero attached hydrogens (tertiary/aromatic N) is 3. The molecule has 0 aliphatic rings. The molecule has 0 spiro atoms. The Bertz CT molecular complexity index is 1250. The van der Waals surface area contributed by atoms with Crippen LogP contribution in [-0.4, -0.2) is 36.3 Å². The minimum Gasteiger partial charge on any atom is -0.493 e.